The summed E-state index contributed by atoms with van der Waals surface area (Å²) in [6.07, 6.45) is 0.837. The fraction of sp³-hybridized carbons (Fsp3) is 0.452. The van der Waals surface area contributed by atoms with Crippen molar-refractivity contribution >= 4 is 35.9 Å². The summed E-state index contributed by atoms with van der Waals surface area (Å²) in [7, 11) is 0. The van der Waals surface area contributed by atoms with Crippen LogP contribution in [0.3, 0.4) is 0 Å². The summed E-state index contributed by atoms with van der Waals surface area (Å²) in [4.78, 5) is 49.9. The number of aromatic amines is 1. The van der Waals surface area contributed by atoms with Gasteiger partial charge < -0.3 is 29.3 Å². The van der Waals surface area contributed by atoms with E-state index in [1.54, 1.807) is 36.1 Å². The largest absolute Gasteiger partial charge is 0.460 e. The number of rotatable bonds is 12. The molecule has 2 aromatic carbocycles. The molecule has 1 saturated heterocycles. The molecular weight excluding hydrogens is 570 g/mol. The molecule has 44 heavy (non-hydrogen) atoms. The number of morpholine rings is 1. The van der Waals surface area contributed by atoms with Gasteiger partial charge in [0.25, 0.3) is 0 Å². The first-order valence-corrected chi connectivity index (χ1v) is 14.5. The molecule has 1 fully saturated rings. The van der Waals surface area contributed by atoms with E-state index in [0.717, 1.165) is 36.4 Å². The Kier molecular flexibility index (Phi) is 15.4. The summed E-state index contributed by atoms with van der Waals surface area (Å²) < 4.78 is 20.6. The molecule has 0 unspecified atom stereocenters. The van der Waals surface area contributed by atoms with Crippen molar-refractivity contribution in [1.29, 1.82) is 0 Å². The van der Waals surface area contributed by atoms with Gasteiger partial charge in [0.2, 0.25) is 12.8 Å². The first-order chi connectivity index (χ1) is 21.2. The molecule has 1 aliphatic heterocycles. The Hall–Kier alpha value is -4.49. The number of hydrogen-bond acceptors (Lipinski definition) is 10. The highest BCUT2D eigenvalue weighted by Crippen LogP contribution is 2.29. The number of nitrogens with zero attached hydrogens (tertiary/aromatic N) is 3. The number of carbonyl (C=O) groups is 3. The van der Waals surface area contributed by atoms with Crippen LogP contribution in [-0.4, -0.2) is 80.6 Å². The van der Waals surface area contributed by atoms with E-state index in [9.17, 15) is 19.2 Å². The smallest absolute Gasteiger partial charge is 0.439 e. The fourth-order valence-corrected chi connectivity index (χ4v) is 4.28. The van der Waals surface area contributed by atoms with Gasteiger partial charge in [0.05, 0.1) is 25.9 Å². The molecule has 13 heteroatoms. The third-order valence-electron chi connectivity index (χ3n) is 6.62. The average Bonchev–Trinajstić information content (AvgIpc) is 3.47. The molecule has 3 aromatic rings. The van der Waals surface area contributed by atoms with Crippen LogP contribution in [0.2, 0.25) is 0 Å². The third-order valence-corrected chi connectivity index (χ3v) is 6.62. The number of carbonyl (C=O) groups excluding carboxylic acids is 3. The van der Waals surface area contributed by atoms with Crippen molar-refractivity contribution in [3.8, 4) is 11.4 Å². The summed E-state index contributed by atoms with van der Waals surface area (Å²) in [5.74, 6) is -0.569. The Morgan fingerprint density at radius 2 is 1.80 bits per heavy atom. The lowest BCUT2D eigenvalue weighted by Gasteiger charge is -2.32. The topological polar surface area (TPSA) is 156 Å². The Labute approximate surface area is 257 Å². The van der Waals surface area contributed by atoms with Gasteiger partial charge >= 0.3 is 11.7 Å². The van der Waals surface area contributed by atoms with E-state index in [-0.39, 0.29) is 18.2 Å². The van der Waals surface area contributed by atoms with E-state index in [4.69, 9.17) is 14.2 Å². The van der Waals surface area contributed by atoms with Crippen LogP contribution in [0.25, 0.3) is 11.4 Å². The molecule has 2 N–H and O–H groups in total. The number of H-pyrrole nitrogens is 1. The van der Waals surface area contributed by atoms with Gasteiger partial charge in [0, 0.05) is 49.2 Å². The first-order valence-electron chi connectivity index (χ1n) is 14.5. The maximum absolute atomic E-state index is 11.7. The van der Waals surface area contributed by atoms with Crippen molar-refractivity contribution in [2.45, 2.75) is 53.8 Å². The second-order valence-electron chi connectivity index (χ2n) is 9.49. The van der Waals surface area contributed by atoms with Crippen molar-refractivity contribution in [3.05, 3.63) is 58.6 Å². The Morgan fingerprint density at radius 3 is 2.36 bits per heavy atom. The molecule has 2 atom stereocenters. The highest BCUT2D eigenvalue weighted by Gasteiger charge is 2.19. The second-order valence-corrected chi connectivity index (χ2v) is 9.49. The molecule has 0 radical (unpaired) electrons. The van der Waals surface area contributed by atoms with Crippen molar-refractivity contribution in [2.24, 2.45) is 0 Å². The number of esters is 1. The van der Waals surface area contributed by atoms with Gasteiger partial charge in [-0.1, -0.05) is 25.1 Å². The molecule has 2 amide bonds. The van der Waals surface area contributed by atoms with E-state index < -0.39 is 5.76 Å². The van der Waals surface area contributed by atoms with Crippen LogP contribution >= 0.6 is 0 Å². The van der Waals surface area contributed by atoms with Crippen molar-refractivity contribution < 1.29 is 33.1 Å². The zero-order chi connectivity index (χ0) is 32.5. The van der Waals surface area contributed by atoms with E-state index in [2.05, 4.69) is 30.9 Å². The highest BCUT2D eigenvalue weighted by molar-refractivity contribution is 5.80. The third kappa shape index (κ3) is 11.0. The maximum Gasteiger partial charge on any atom is 0.439 e. The molecule has 13 nitrogen and oxygen atoms in total. The Bertz CT molecular complexity index is 1350. The quantitative estimate of drug-likeness (QED) is 0.228. The molecule has 0 bridgehead atoms. The Balaban J connectivity index is 0.000000333. The van der Waals surface area contributed by atoms with Gasteiger partial charge in [-0.15, -0.1) is 0 Å². The van der Waals surface area contributed by atoms with Gasteiger partial charge in [0.1, 0.15) is 6.10 Å². The van der Waals surface area contributed by atoms with E-state index in [1.165, 1.54) is 6.92 Å². The number of amides is 2. The minimum Gasteiger partial charge on any atom is -0.460 e. The number of hydrogen-bond donors (Lipinski definition) is 2. The van der Waals surface area contributed by atoms with Gasteiger partial charge in [-0.2, -0.15) is 0 Å². The number of nitrogens with one attached hydrogen (secondary N) is 2. The van der Waals surface area contributed by atoms with Gasteiger partial charge in [-0.25, -0.2) is 4.79 Å². The van der Waals surface area contributed by atoms with Crippen LogP contribution in [0, 0.1) is 6.92 Å². The zero-order valence-corrected chi connectivity index (χ0v) is 26.2. The SMILES string of the molecule is CC.CC(=O)O[C@@H](C)[C@H](C)OCCN(C=O)c1cccc(N2CCOCC2)c1C.O=CNc1ccc(-c2noc(=O)[nH]2)cc1. The van der Waals surface area contributed by atoms with Crippen molar-refractivity contribution in [3.63, 3.8) is 0 Å². The second kappa shape index (κ2) is 18.9. The first kappa shape index (κ1) is 35.7. The zero-order valence-electron chi connectivity index (χ0n) is 26.2. The lowest BCUT2D eigenvalue weighted by molar-refractivity contribution is -0.152. The Morgan fingerprint density at radius 1 is 1.11 bits per heavy atom. The molecule has 2 heterocycles. The van der Waals surface area contributed by atoms with Crippen LogP contribution in [0.5, 0.6) is 0 Å². The summed E-state index contributed by atoms with van der Waals surface area (Å²) in [5, 5.41) is 6.02. The lowest BCUT2D eigenvalue weighted by Crippen LogP contribution is -2.37. The number of aromatic nitrogens is 2. The van der Waals surface area contributed by atoms with Gasteiger partial charge in [0.15, 0.2) is 5.82 Å². The molecule has 0 spiro atoms. The van der Waals surface area contributed by atoms with Gasteiger partial charge in [-0.05, 0) is 62.7 Å². The van der Waals surface area contributed by atoms with Crippen LogP contribution < -0.4 is 20.9 Å². The van der Waals surface area contributed by atoms with E-state index in [1.807, 2.05) is 39.8 Å². The molecule has 4 rings (SSSR count). The predicted molar refractivity (Wildman–Crippen MR) is 168 cm³/mol. The number of benzene rings is 2. The highest BCUT2D eigenvalue weighted by atomic mass is 16.6. The van der Waals surface area contributed by atoms with Crippen molar-refractivity contribution in [2.75, 3.05) is 54.6 Å². The molecule has 1 aromatic heterocycles. The molecule has 240 valence electrons. The monoisotopic (exact) mass is 613 g/mol. The normalized spacial score (nSPS) is 13.6. The van der Waals surface area contributed by atoms with Gasteiger partial charge in [-0.3, -0.25) is 23.9 Å². The van der Waals surface area contributed by atoms with Crippen LogP contribution in [0.1, 0.15) is 40.2 Å². The minimum atomic E-state index is -0.597. The summed E-state index contributed by atoms with van der Waals surface area (Å²) in [6, 6.07) is 12.8. The molecular formula is C31H43N5O8. The summed E-state index contributed by atoms with van der Waals surface area (Å²) in [6.45, 7) is 15.0. The molecule has 0 aliphatic carbocycles. The molecule has 0 saturated carbocycles. The number of ether oxygens (including phenoxy) is 3. The lowest BCUT2D eigenvalue weighted by atomic mass is 10.1. The summed E-state index contributed by atoms with van der Waals surface area (Å²) >= 11 is 0. The maximum atomic E-state index is 11.7. The number of anilines is 3. The average molecular weight is 614 g/mol. The van der Waals surface area contributed by atoms with E-state index >= 15 is 0 Å². The van der Waals surface area contributed by atoms with Crippen molar-refractivity contribution in [1.82, 2.24) is 10.1 Å². The van der Waals surface area contributed by atoms with Crippen LogP contribution in [0.15, 0.2) is 51.8 Å². The van der Waals surface area contributed by atoms with E-state index in [0.29, 0.717) is 49.9 Å². The predicted octanol–water partition coefficient (Wildman–Crippen LogP) is 3.78. The molecule has 1 aliphatic rings. The summed E-state index contributed by atoms with van der Waals surface area (Å²) in [5.41, 5.74) is 4.43. The van der Waals surface area contributed by atoms with Crippen LogP contribution in [0.4, 0.5) is 17.1 Å². The minimum absolute atomic E-state index is 0.247. The standard InChI is InChI=1S/C20H30N2O5.C9H7N3O3.C2H6/c1-15-19(21-8-11-25-12-9-21)6-5-7-20(15)22(14-23)10-13-26-16(2)17(3)27-18(4)24;13-5-10-7-3-1-6(2-4-7)8-11-9(14)15-12-8;1-2/h5-7,14,16-17H,8-13H2,1-4H3;1-5H,(H,10,13)(H,11,12,14);1-2H3/t16-,17-;;/m0../s1. The van der Waals surface area contributed by atoms with Crippen LogP contribution in [-0.2, 0) is 28.6 Å². The fourth-order valence-electron chi connectivity index (χ4n) is 4.28.